The van der Waals surface area contributed by atoms with E-state index in [0.29, 0.717) is 30.4 Å². The van der Waals surface area contributed by atoms with E-state index in [-0.39, 0.29) is 5.15 Å². The molecule has 1 aliphatic heterocycles. The fraction of sp³-hybridized carbons (Fsp3) is 0.462. The highest BCUT2D eigenvalue weighted by Crippen LogP contribution is 2.37. The van der Waals surface area contributed by atoms with Crippen LogP contribution >= 0.6 is 11.6 Å². The third-order valence-electron chi connectivity index (χ3n) is 2.85. The SMILES string of the molecule is CC(C)(C)OC(=O)N1CCOc2c1nc1ccnn1c2Cl. The monoisotopic (exact) mass is 310 g/mol. The molecular formula is C13H15ClN4O3. The maximum absolute atomic E-state index is 12.3. The summed E-state index contributed by atoms with van der Waals surface area (Å²) >= 11 is 6.26. The van der Waals surface area contributed by atoms with Gasteiger partial charge in [0.25, 0.3) is 0 Å². The lowest BCUT2D eigenvalue weighted by Crippen LogP contribution is -2.42. The molecule has 0 aliphatic carbocycles. The van der Waals surface area contributed by atoms with Gasteiger partial charge < -0.3 is 9.47 Å². The van der Waals surface area contributed by atoms with Crippen molar-refractivity contribution in [1.29, 1.82) is 0 Å². The smallest absolute Gasteiger partial charge is 0.416 e. The summed E-state index contributed by atoms with van der Waals surface area (Å²) in [6.07, 6.45) is 1.11. The number of nitrogens with zero attached hydrogens (tertiary/aromatic N) is 4. The predicted molar refractivity (Wildman–Crippen MR) is 77.1 cm³/mol. The van der Waals surface area contributed by atoms with Crippen molar-refractivity contribution in [2.24, 2.45) is 0 Å². The van der Waals surface area contributed by atoms with Gasteiger partial charge in [-0.3, -0.25) is 4.90 Å². The summed E-state index contributed by atoms with van der Waals surface area (Å²) in [5.41, 5.74) is -0.0436. The second-order valence-corrected chi connectivity index (χ2v) is 6.00. The van der Waals surface area contributed by atoms with Crippen LogP contribution in [0.1, 0.15) is 20.8 Å². The van der Waals surface area contributed by atoms with Gasteiger partial charge in [-0.2, -0.15) is 9.61 Å². The van der Waals surface area contributed by atoms with Crippen LogP contribution in [-0.4, -0.2) is 39.4 Å². The van der Waals surface area contributed by atoms with E-state index in [4.69, 9.17) is 21.1 Å². The number of ether oxygens (including phenoxy) is 2. The van der Waals surface area contributed by atoms with Gasteiger partial charge in [-0.25, -0.2) is 9.78 Å². The summed E-state index contributed by atoms with van der Waals surface area (Å²) in [4.78, 5) is 18.1. The molecule has 2 aromatic heterocycles. The van der Waals surface area contributed by atoms with Crippen molar-refractivity contribution in [3.8, 4) is 5.75 Å². The van der Waals surface area contributed by atoms with E-state index in [1.807, 2.05) is 20.8 Å². The molecule has 0 spiro atoms. The van der Waals surface area contributed by atoms with Crippen molar-refractivity contribution < 1.29 is 14.3 Å². The summed E-state index contributed by atoms with van der Waals surface area (Å²) in [5, 5.41) is 4.35. The predicted octanol–water partition coefficient (Wildman–Crippen LogP) is 2.52. The highest BCUT2D eigenvalue weighted by molar-refractivity contribution is 6.31. The Bertz CT molecular complexity index is 707. The number of aromatic nitrogens is 3. The van der Waals surface area contributed by atoms with Crippen molar-refractivity contribution in [1.82, 2.24) is 14.6 Å². The van der Waals surface area contributed by atoms with Gasteiger partial charge >= 0.3 is 6.09 Å². The van der Waals surface area contributed by atoms with E-state index in [2.05, 4.69) is 10.1 Å². The number of rotatable bonds is 0. The summed E-state index contributed by atoms with van der Waals surface area (Å²) in [5.74, 6) is 0.693. The second kappa shape index (κ2) is 4.77. The molecule has 1 amide bonds. The fourth-order valence-corrected chi connectivity index (χ4v) is 2.30. The fourth-order valence-electron chi connectivity index (χ4n) is 2.03. The van der Waals surface area contributed by atoms with E-state index in [1.165, 1.54) is 9.42 Å². The third kappa shape index (κ3) is 2.49. The Hall–Kier alpha value is -2.02. The van der Waals surface area contributed by atoms with Crippen LogP contribution in [0.2, 0.25) is 5.15 Å². The standard InChI is InChI=1S/C13H15ClN4O3/c1-13(2,3)21-12(19)17-6-7-20-9-10(14)18-8(4-5-15-18)16-11(9)17/h4-5H,6-7H2,1-3H3. The molecule has 0 aromatic carbocycles. The molecule has 1 aliphatic rings. The molecule has 112 valence electrons. The van der Waals surface area contributed by atoms with E-state index in [1.54, 1.807) is 12.3 Å². The number of anilines is 1. The lowest BCUT2D eigenvalue weighted by atomic mass is 10.2. The van der Waals surface area contributed by atoms with Crippen LogP contribution in [0, 0.1) is 0 Å². The molecule has 0 fully saturated rings. The van der Waals surface area contributed by atoms with Gasteiger partial charge in [0, 0.05) is 6.07 Å². The average molecular weight is 311 g/mol. The van der Waals surface area contributed by atoms with Crippen LogP contribution in [0.4, 0.5) is 10.6 Å². The highest BCUT2D eigenvalue weighted by atomic mass is 35.5. The molecule has 0 radical (unpaired) electrons. The number of hydrogen-bond acceptors (Lipinski definition) is 5. The Kier molecular flexibility index (Phi) is 3.16. The molecule has 3 rings (SSSR count). The van der Waals surface area contributed by atoms with Gasteiger partial charge in [0.1, 0.15) is 12.2 Å². The molecule has 2 aromatic rings. The van der Waals surface area contributed by atoms with Crippen LogP contribution in [0.15, 0.2) is 12.3 Å². The van der Waals surface area contributed by atoms with Gasteiger partial charge in [0.2, 0.25) is 0 Å². The minimum Gasteiger partial charge on any atom is -0.485 e. The lowest BCUT2D eigenvalue weighted by molar-refractivity contribution is 0.0566. The van der Waals surface area contributed by atoms with E-state index in [0.717, 1.165) is 0 Å². The van der Waals surface area contributed by atoms with Crippen molar-refractivity contribution in [2.45, 2.75) is 26.4 Å². The summed E-state index contributed by atoms with van der Waals surface area (Å²) in [6.45, 7) is 6.11. The normalized spacial score (nSPS) is 14.8. The van der Waals surface area contributed by atoms with Crippen LogP contribution in [0.5, 0.6) is 5.75 Å². The Morgan fingerprint density at radius 2 is 2.24 bits per heavy atom. The number of carbonyl (C=O) groups is 1. The number of halogens is 1. The van der Waals surface area contributed by atoms with Gasteiger partial charge in [-0.1, -0.05) is 11.6 Å². The van der Waals surface area contributed by atoms with E-state index in [9.17, 15) is 4.79 Å². The topological polar surface area (TPSA) is 69.0 Å². The number of hydrogen-bond donors (Lipinski definition) is 0. The van der Waals surface area contributed by atoms with Crippen LogP contribution < -0.4 is 9.64 Å². The first-order chi connectivity index (χ1) is 9.87. The summed E-state index contributed by atoms with van der Waals surface area (Å²) < 4.78 is 12.4. The minimum atomic E-state index is -0.583. The first kappa shape index (κ1) is 13.9. The minimum absolute atomic E-state index is 0.285. The van der Waals surface area contributed by atoms with Crippen LogP contribution in [0.25, 0.3) is 5.65 Å². The van der Waals surface area contributed by atoms with E-state index >= 15 is 0 Å². The van der Waals surface area contributed by atoms with Gasteiger partial charge in [-0.05, 0) is 20.8 Å². The van der Waals surface area contributed by atoms with Crippen molar-refractivity contribution >= 4 is 29.2 Å². The Balaban J connectivity index is 2.05. The van der Waals surface area contributed by atoms with Crippen LogP contribution in [0.3, 0.4) is 0 Å². The highest BCUT2D eigenvalue weighted by Gasteiger charge is 2.32. The Morgan fingerprint density at radius 3 is 2.95 bits per heavy atom. The van der Waals surface area contributed by atoms with Crippen LogP contribution in [-0.2, 0) is 4.74 Å². The number of fused-ring (bicyclic) bond motifs is 2. The zero-order valence-electron chi connectivity index (χ0n) is 12.0. The number of carbonyl (C=O) groups excluding carboxylic acids is 1. The zero-order chi connectivity index (χ0) is 15.2. The van der Waals surface area contributed by atoms with Crippen molar-refractivity contribution in [3.05, 3.63) is 17.4 Å². The molecule has 0 bridgehead atoms. The quantitative estimate of drug-likeness (QED) is 0.699. The Morgan fingerprint density at radius 1 is 1.48 bits per heavy atom. The molecule has 0 saturated carbocycles. The van der Waals surface area contributed by atoms with E-state index < -0.39 is 11.7 Å². The van der Waals surface area contributed by atoms with Crippen molar-refractivity contribution in [3.63, 3.8) is 0 Å². The first-order valence-electron chi connectivity index (χ1n) is 6.53. The first-order valence-corrected chi connectivity index (χ1v) is 6.91. The molecule has 0 saturated heterocycles. The lowest BCUT2D eigenvalue weighted by Gasteiger charge is -2.30. The van der Waals surface area contributed by atoms with Gasteiger partial charge in [0.05, 0.1) is 12.7 Å². The molecule has 21 heavy (non-hydrogen) atoms. The maximum Gasteiger partial charge on any atom is 0.416 e. The third-order valence-corrected chi connectivity index (χ3v) is 3.18. The zero-order valence-corrected chi connectivity index (χ0v) is 12.7. The molecule has 0 atom stereocenters. The largest absolute Gasteiger partial charge is 0.485 e. The molecule has 3 heterocycles. The summed E-state index contributed by atoms with van der Waals surface area (Å²) in [7, 11) is 0. The average Bonchev–Trinajstić information content (AvgIpc) is 2.85. The molecule has 0 N–H and O–H groups in total. The van der Waals surface area contributed by atoms with Gasteiger partial charge in [-0.15, -0.1) is 0 Å². The maximum atomic E-state index is 12.3. The number of amides is 1. The molecular weight excluding hydrogens is 296 g/mol. The molecule has 7 nitrogen and oxygen atoms in total. The second-order valence-electron chi connectivity index (χ2n) is 5.64. The summed E-state index contributed by atoms with van der Waals surface area (Å²) in [6, 6.07) is 1.70. The van der Waals surface area contributed by atoms with Crippen molar-refractivity contribution in [2.75, 3.05) is 18.1 Å². The molecule has 8 heteroatoms. The Labute approximate surface area is 126 Å². The molecule has 0 unspecified atom stereocenters. The van der Waals surface area contributed by atoms with Gasteiger partial charge in [0.15, 0.2) is 22.4 Å².